The number of nitrogens with zero attached hydrogens (tertiary/aromatic N) is 1. The number of hydrogen-bond donors (Lipinski definition) is 1. The van der Waals surface area contributed by atoms with Gasteiger partial charge in [0.1, 0.15) is 5.75 Å². The first-order chi connectivity index (χ1) is 14.6. The Morgan fingerprint density at radius 3 is 2.63 bits per heavy atom. The Balaban J connectivity index is 1.48. The fourth-order valence-corrected chi connectivity index (χ4v) is 3.11. The van der Waals surface area contributed by atoms with Crippen molar-refractivity contribution in [1.29, 1.82) is 0 Å². The number of carbonyl (C=O) groups is 3. The number of ether oxygens (including phenoxy) is 2. The van der Waals surface area contributed by atoms with E-state index in [1.54, 1.807) is 47.4 Å². The molecular formula is C23H26N2O5. The first kappa shape index (κ1) is 21.4. The minimum Gasteiger partial charge on any atom is -0.494 e. The molecule has 2 aromatic carbocycles. The zero-order chi connectivity index (χ0) is 21.3. The van der Waals surface area contributed by atoms with E-state index in [4.69, 9.17) is 9.47 Å². The second kappa shape index (κ2) is 10.4. The first-order valence-corrected chi connectivity index (χ1v) is 10.2. The van der Waals surface area contributed by atoms with E-state index in [9.17, 15) is 14.4 Å². The Morgan fingerprint density at radius 2 is 1.93 bits per heavy atom. The van der Waals surface area contributed by atoms with E-state index in [2.05, 4.69) is 12.2 Å². The zero-order valence-electron chi connectivity index (χ0n) is 17.1. The number of hydrogen-bond acceptors (Lipinski definition) is 5. The summed E-state index contributed by atoms with van der Waals surface area (Å²) in [7, 11) is 0. The fraction of sp³-hybridized carbons (Fsp3) is 0.348. The van der Waals surface area contributed by atoms with Gasteiger partial charge in [0, 0.05) is 24.3 Å². The van der Waals surface area contributed by atoms with Crippen molar-refractivity contribution in [2.45, 2.75) is 32.6 Å². The maximum Gasteiger partial charge on any atom is 0.338 e. The normalized spacial score (nSPS) is 13.2. The summed E-state index contributed by atoms with van der Waals surface area (Å²) in [5.74, 6) is -0.266. The SMILES string of the molecule is CCCCOc1ccc(C(=O)OCC(=O)Nc2cccc(N3CCCC3=O)c2)cc1. The Hall–Kier alpha value is -3.35. The molecule has 0 spiro atoms. The molecule has 0 unspecified atom stereocenters. The van der Waals surface area contributed by atoms with Crippen molar-refractivity contribution in [3.63, 3.8) is 0 Å². The van der Waals surface area contributed by atoms with Crippen LogP contribution in [0, 0.1) is 0 Å². The van der Waals surface area contributed by atoms with E-state index in [1.807, 2.05) is 6.07 Å². The molecule has 1 fully saturated rings. The quantitative estimate of drug-likeness (QED) is 0.502. The highest BCUT2D eigenvalue weighted by Gasteiger charge is 2.21. The molecule has 1 aliphatic rings. The van der Waals surface area contributed by atoms with E-state index in [1.165, 1.54) is 0 Å². The average Bonchev–Trinajstić information content (AvgIpc) is 3.19. The molecule has 0 atom stereocenters. The van der Waals surface area contributed by atoms with E-state index in [-0.39, 0.29) is 5.91 Å². The molecule has 0 bridgehead atoms. The number of anilines is 2. The smallest absolute Gasteiger partial charge is 0.338 e. The van der Waals surface area contributed by atoms with Crippen LogP contribution in [0.1, 0.15) is 43.0 Å². The van der Waals surface area contributed by atoms with Crippen LogP contribution in [0.3, 0.4) is 0 Å². The summed E-state index contributed by atoms with van der Waals surface area (Å²) < 4.78 is 10.6. The van der Waals surface area contributed by atoms with Crippen LogP contribution in [-0.2, 0) is 14.3 Å². The summed E-state index contributed by atoms with van der Waals surface area (Å²) in [6.07, 6.45) is 3.39. The Labute approximate surface area is 176 Å². The van der Waals surface area contributed by atoms with Crippen molar-refractivity contribution in [3.8, 4) is 5.75 Å². The lowest BCUT2D eigenvalue weighted by molar-refractivity contribution is -0.119. The lowest BCUT2D eigenvalue weighted by atomic mass is 10.2. The molecule has 0 aromatic heterocycles. The molecule has 2 amide bonds. The molecule has 3 rings (SSSR count). The highest BCUT2D eigenvalue weighted by Crippen LogP contribution is 2.24. The first-order valence-electron chi connectivity index (χ1n) is 10.2. The van der Waals surface area contributed by atoms with Gasteiger partial charge in [-0.25, -0.2) is 4.79 Å². The van der Waals surface area contributed by atoms with Crippen molar-refractivity contribution in [3.05, 3.63) is 54.1 Å². The van der Waals surface area contributed by atoms with Crippen LogP contribution < -0.4 is 15.0 Å². The molecule has 0 radical (unpaired) electrons. The number of esters is 1. The maximum atomic E-state index is 12.2. The van der Waals surface area contributed by atoms with Crippen LogP contribution in [-0.4, -0.2) is 37.5 Å². The number of rotatable bonds is 9. The van der Waals surface area contributed by atoms with Crippen molar-refractivity contribution >= 4 is 29.2 Å². The molecule has 30 heavy (non-hydrogen) atoms. The fourth-order valence-electron chi connectivity index (χ4n) is 3.11. The minimum atomic E-state index is -0.582. The Bertz CT molecular complexity index is 895. The number of unbranched alkanes of at least 4 members (excludes halogenated alkanes) is 1. The van der Waals surface area contributed by atoms with Crippen molar-refractivity contribution in [2.75, 3.05) is 30.0 Å². The Morgan fingerprint density at radius 1 is 1.13 bits per heavy atom. The lowest BCUT2D eigenvalue weighted by Gasteiger charge is -2.16. The van der Waals surface area contributed by atoms with Gasteiger partial charge in [-0.2, -0.15) is 0 Å². The largest absolute Gasteiger partial charge is 0.494 e. The van der Waals surface area contributed by atoms with Gasteiger partial charge in [-0.05, 0) is 55.3 Å². The second-order valence-corrected chi connectivity index (χ2v) is 7.05. The predicted octanol–water partition coefficient (Wildman–Crippen LogP) is 3.79. The summed E-state index contributed by atoms with van der Waals surface area (Å²) in [5, 5.41) is 2.69. The van der Waals surface area contributed by atoms with Gasteiger partial charge in [0.25, 0.3) is 5.91 Å². The van der Waals surface area contributed by atoms with Gasteiger partial charge in [0.2, 0.25) is 5.91 Å². The number of benzene rings is 2. The summed E-state index contributed by atoms with van der Waals surface area (Å²) in [6.45, 7) is 2.99. The molecule has 1 heterocycles. The zero-order valence-corrected chi connectivity index (χ0v) is 17.1. The second-order valence-electron chi connectivity index (χ2n) is 7.05. The molecular weight excluding hydrogens is 384 g/mol. The molecule has 1 saturated heterocycles. The third-order valence-corrected chi connectivity index (χ3v) is 4.71. The van der Waals surface area contributed by atoms with Gasteiger partial charge in [-0.15, -0.1) is 0 Å². The predicted molar refractivity (Wildman–Crippen MR) is 114 cm³/mol. The van der Waals surface area contributed by atoms with E-state index >= 15 is 0 Å². The summed E-state index contributed by atoms with van der Waals surface area (Å²) >= 11 is 0. The van der Waals surface area contributed by atoms with Crippen LogP contribution >= 0.6 is 0 Å². The standard InChI is InChI=1S/C23H26N2O5/c1-2-3-14-29-20-11-9-17(10-12-20)23(28)30-16-21(26)24-18-6-4-7-19(15-18)25-13-5-8-22(25)27/h4,6-7,9-12,15H,2-3,5,8,13-14,16H2,1H3,(H,24,26). The van der Waals surface area contributed by atoms with Crippen LogP contribution in [0.25, 0.3) is 0 Å². The molecule has 158 valence electrons. The topological polar surface area (TPSA) is 84.9 Å². The minimum absolute atomic E-state index is 0.0780. The molecule has 1 aliphatic heterocycles. The Kier molecular flexibility index (Phi) is 7.43. The van der Waals surface area contributed by atoms with Crippen molar-refractivity contribution < 1.29 is 23.9 Å². The number of carbonyl (C=O) groups excluding carboxylic acids is 3. The summed E-state index contributed by atoms with van der Waals surface area (Å²) in [6, 6.07) is 13.7. The van der Waals surface area contributed by atoms with E-state index in [0.29, 0.717) is 36.6 Å². The van der Waals surface area contributed by atoms with Gasteiger partial charge >= 0.3 is 5.97 Å². The molecule has 1 N–H and O–H groups in total. The number of amides is 2. The molecule has 0 aliphatic carbocycles. The van der Waals surface area contributed by atoms with Crippen molar-refractivity contribution in [1.82, 2.24) is 0 Å². The molecule has 7 heteroatoms. The van der Waals surface area contributed by atoms with Crippen LogP contribution in [0.15, 0.2) is 48.5 Å². The third kappa shape index (κ3) is 5.83. The molecule has 2 aromatic rings. The van der Waals surface area contributed by atoms with Gasteiger partial charge < -0.3 is 19.7 Å². The van der Waals surface area contributed by atoms with Crippen LogP contribution in [0.2, 0.25) is 0 Å². The summed E-state index contributed by atoms with van der Waals surface area (Å²) in [5.41, 5.74) is 1.63. The van der Waals surface area contributed by atoms with Crippen LogP contribution in [0.4, 0.5) is 11.4 Å². The highest BCUT2D eigenvalue weighted by molar-refractivity contribution is 5.98. The molecule has 0 saturated carbocycles. The van der Waals surface area contributed by atoms with Gasteiger partial charge in [0.05, 0.1) is 12.2 Å². The van der Waals surface area contributed by atoms with Crippen molar-refractivity contribution in [2.24, 2.45) is 0 Å². The lowest BCUT2D eigenvalue weighted by Crippen LogP contribution is -2.24. The highest BCUT2D eigenvalue weighted by atomic mass is 16.5. The molecule has 7 nitrogen and oxygen atoms in total. The van der Waals surface area contributed by atoms with Gasteiger partial charge in [-0.1, -0.05) is 19.4 Å². The average molecular weight is 410 g/mol. The van der Waals surface area contributed by atoms with Gasteiger partial charge in [0.15, 0.2) is 6.61 Å². The van der Waals surface area contributed by atoms with E-state index < -0.39 is 18.5 Å². The summed E-state index contributed by atoms with van der Waals surface area (Å²) in [4.78, 5) is 37.9. The van der Waals surface area contributed by atoms with Gasteiger partial charge in [-0.3, -0.25) is 9.59 Å². The van der Waals surface area contributed by atoms with Crippen LogP contribution in [0.5, 0.6) is 5.75 Å². The van der Waals surface area contributed by atoms with E-state index in [0.717, 1.165) is 24.9 Å². The number of nitrogens with one attached hydrogen (secondary N) is 1. The third-order valence-electron chi connectivity index (χ3n) is 4.71. The maximum absolute atomic E-state index is 12.2. The monoisotopic (exact) mass is 410 g/mol.